The van der Waals surface area contributed by atoms with Crippen LogP contribution in [-0.2, 0) is 20.7 Å². The van der Waals surface area contributed by atoms with Gasteiger partial charge < -0.3 is 24.3 Å². The summed E-state index contributed by atoms with van der Waals surface area (Å²) in [5.74, 6) is -0.0527. The standard InChI is InChI=1S/C25H28N2O6/c1-4-5-18-6-9-21(10-7-18)32-17-24(28)33-22-11-8-19(15-23(22)31-3)14-20(16-26)25(29)27-12-13-30-2/h6-11,14-15H,4-5,12-13,17H2,1-3H3,(H,27,29)/b20-14+. The van der Waals surface area contributed by atoms with Crippen molar-refractivity contribution >= 4 is 18.0 Å². The molecule has 0 unspecified atom stereocenters. The molecule has 0 aliphatic heterocycles. The minimum absolute atomic E-state index is 0.0729. The predicted octanol–water partition coefficient (Wildman–Crippen LogP) is 3.30. The van der Waals surface area contributed by atoms with Crippen molar-refractivity contribution in [2.24, 2.45) is 0 Å². The van der Waals surface area contributed by atoms with Crippen LogP contribution >= 0.6 is 0 Å². The first kappa shape index (κ1) is 25.4. The number of hydrogen-bond donors (Lipinski definition) is 1. The van der Waals surface area contributed by atoms with Gasteiger partial charge in [0.2, 0.25) is 0 Å². The number of nitrogens with one attached hydrogen (secondary N) is 1. The molecule has 8 heteroatoms. The normalized spacial score (nSPS) is 10.8. The van der Waals surface area contributed by atoms with Crippen molar-refractivity contribution in [3.8, 4) is 23.3 Å². The highest BCUT2D eigenvalue weighted by molar-refractivity contribution is 6.01. The minimum atomic E-state index is -0.593. The van der Waals surface area contributed by atoms with Crippen LogP contribution in [-0.4, -0.2) is 45.9 Å². The van der Waals surface area contributed by atoms with Gasteiger partial charge in [0, 0.05) is 13.7 Å². The topological polar surface area (TPSA) is 107 Å². The fourth-order valence-electron chi connectivity index (χ4n) is 2.87. The summed E-state index contributed by atoms with van der Waals surface area (Å²) < 4.78 is 21.0. The van der Waals surface area contributed by atoms with Crippen molar-refractivity contribution in [2.45, 2.75) is 19.8 Å². The molecule has 0 saturated heterocycles. The smallest absolute Gasteiger partial charge is 0.349 e. The van der Waals surface area contributed by atoms with Gasteiger partial charge in [-0.15, -0.1) is 0 Å². The summed E-state index contributed by atoms with van der Waals surface area (Å²) in [7, 11) is 2.95. The third-order valence-electron chi connectivity index (χ3n) is 4.50. The van der Waals surface area contributed by atoms with Crippen LogP contribution in [0.2, 0.25) is 0 Å². The molecule has 2 aromatic carbocycles. The lowest BCUT2D eigenvalue weighted by Gasteiger charge is -2.11. The lowest BCUT2D eigenvalue weighted by Crippen LogP contribution is -2.27. The number of benzene rings is 2. The van der Waals surface area contributed by atoms with Crippen LogP contribution < -0.4 is 19.5 Å². The molecular formula is C25H28N2O6. The van der Waals surface area contributed by atoms with Gasteiger partial charge in [-0.2, -0.15) is 5.26 Å². The summed E-state index contributed by atoms with van der Waals surface area (Å²) >= 11 is 0. The fourth-order valence-corrected chi connectivity index (χ4v) is 2.87. The number of esters is 1. The molecule has 0 radical (unpaired) electrons. The number of nitrogens with zero attached hydrogens (tertiary/aromatic N) is 1. The molecule has 1 amide bonds. The number of amides is 1. The monoisotopic (exact) mass is 452 g/mol. The zero-order valence-corrected chi connectivity index (χ0v) is 19.1. The molecule has 1 N–H and O–H groups in total. The summed E-state index contributed by atoms with van der Waals surface area (Å²) in [6, 6.07) is 14.1. The van der Waals surface area contributed by atoms with Crippen LogP contribution in [0.1, 0.15) is 24.5 Å². The molecule has 0 spiro atoms. The van der Waals surface area contributed by atoms with Crippen molar-refractivity contribution in [2.75, 3.05) is 34.0 Å². The largest absolute Gasteiger partial charge is 0.493 e. The third kappa shape index (κ3) is 8.31. The predicted molar refractivity (Wildman–Crippen MR) is 123 cm³/mol. The maximum absolute atomic E-state index is 12.2. The second kappa shape index (κ2) is 13.6. The zero-order chi connectivity index (χ0) is 24.1. The Morgan fingerprint density at radius 3 is 2.48 bits per heavy atom. The average Bonchev–Trinajstić information content (AvgIpc) is 2.83. The highest BCUT2D eigenvalue weighted by atomic mass is 16.6. The molecule has 2 aromatic rings. The Balaban J connectivity index is 2.01. The van der Waals surface area contributed by atoms with Gasteiger partial charge in [0.25, 0.3) is 5.91 Å². The van der Waals surface area contributed by atoms with E-state index in [1.807, 2.05) is 30.3 Å². The van der Waals surface area contributed by atoms with Crippen LogP contribution in [0.4, 0.5) is 0 Å². The van der Waals surface area contributed by atoms with Gasteiger partial charge in [-0.3, -0.25) is 4.79 Å². The van der Waals surface area contributed by atoms with E-state index in [0.717, 1.165) is 12.8 Å². The molecule has 0 bridgehead atoms. The lowest BCUT2D eigenvalue weighted by molar-refractivity contribution is -0.136. The number of nitriles is 1. The summed E-state index contributed by atoms with van der Waals surface area (Å²) in [6.45, 7) is 2.48. The first-order valence-electron chi connectivity index (χ1n) is 10.5. The molecule has 0 aliphatic carbocycles. The van der Waals surface area contributed by atoms with E-state index >= 15 is 0 Å². The van der Waals surface area contributed by atoms with Gasteiger partial charge >= 0.3 is 5.97 Å². The van der Waals surface area contributed by atoms with E-state index < -0.39 is 11.9 Å². The maximum Gasteiger partial charge on any atom is 0.349 e. The Morgan fingerprint density at radius 1 is 1.09 bits per heavy atom. The van der Waals surface area contributed by atoms with Crippen molar-refractivity contribution in [1.29, 1.82) is 5.26 Å². The first-order valence-corrected chi connectivity index (χ1v) is 10.5. The second-order valence-electron chi connectivity index (χ2n) is 6.99. The molecule has 0 fully saturated rings. The molecule has 0 aliphatic rings. The van der Waals surface area contributed by atoms with Gasteiger partial charge in [0.15, 0.2) is 18.1 Å². The maximum atomic E-state index is 12.2. The molecule has 0 saturated carbocycles. The number of ether oxygens (including phenoxy) is 4. The van der Waals surface area contributed by atoms with Crippen LogP contribution in [0.5, 0.6) is 17.2 Å². The highest BCUT2D eigenvalue weighted by Crippen LogP contribution is 2.29. The van der Waals surface area contributed by atoms with E-state index in [1.165, 1.54) is 31.9 Å². The number of rotatable bonds is 12. The van der Waals surface area contributed by atoms with Crippen LogP contribution in [0.3, 0.4) is 0 Å². The van der Waals surface area contributed by atoms with Crippen molar-refractivity contribution in [3.63, 3.8) is 0 Å². The lowest BCUT2D eigenvalue weighted by atomic mass is 10.1. The van der Waals surface area contributed by atoms with E-state index in [2.05, 4.69) is 12.2 Å². The molecule has 33 heavy (non-hydrogen) atoms. The van der Waals surface area contributed by atoms with Gasteiger partial charge in [-0.05, 0) is 47.9 Å². The third-order valence-corrected chi connectivity index (χ3v) is 4.50. The molecule has 8 nitrogen and oxygen atoms in total. The molecular weight excluding hydrogens is 424 g/mol. The number of hydrogen-bond acceptors (Lipinski definition) is 7. The van der Waals surface area contributed by atoms with Crippen molar-refractivity contribution in [3.05, 3.63) is 59.2 Å². The minimum Gasteiger partial charge on any atom is -0.493 e. The van der Waals surface area contributed by atoms with E-state index in [4.69, 9.17) is 18.9 Å². The second-order valence-corrected chi connectivity index (χ2v) is 6.99. The number of aryl methyl sites for hydroxylation is 1. The van der Waals surface area contributed by atoms with E-state index in [1.54, 1.807) is 12.1 Å². The van der Waals surface area contributed by atoms with E-state index in [-0.39, 0.29) is 30.2 Å². The van der Waals surface area contributed by atoms with Gasteiger partial charge in [-0.25, -0.2) is 4.79 Å². The molecule has 0 heterocycles. The average molecular weight is 453 g/mol. The van der Waals surface area contributed by atoms with Crippen LogP contribution in [0.15, 0.2) is 48.0 Å². The molecule has 2 rings (SSSR count). The number of carbonyl (C=O) groups is 2. The van der Waals surface area contributed by atoms with Gasteiger partial charge in [0.1, 0.15) is 17.4 Å². The Morgan fingerprint density at radius 2 is 1.85 bits per heavy atom. The quantitative estimate of drug-likeness (QED) is 0.173. The number of methoxy groups -OCH3 is 2. The van der Waals surface area contributed by atoms with E-state index in [0.29, 0.717) is 17.9 Å². The summed E-state index contributed by atoms with van der Waals surface area (Å²) in [5.41, 5.74) is 1.67. The molecule has 0 atom stereocenters. The summed E-state index contributed by atoms with van der Waals surface area (Å²) in [4.78, 5) is 24.3. The van der Waals surface area contributed by atoms with Gasteiger partial charge in [0.05, 0.1) is 13.7 Å². The van der Waals surface area contributed by atoms with Crippen LogP contribution in [0.25, 0.3) is 6.08 Å². The highest BCUT2D eigenvalue weighted by Gasteiger charge is 2.13. The molecule has 174 valence electrons. The first-order chi connectivity index (χ1) is 16.0. The summed E-state index contributed by atoms with van der Waals surface area (Å²) in [5, 5.41) is 11.9. The Labute approximate surface area is 193 Å². The van der Waals surface area contributed by atoms with Crippen molar-refractivity contribution < 1.29 is 28.5 Å². The Hall–Kier alpha value is -3.83. The van der Waals surface area contributed by atoms with Gasteiger partial charge in [-0.1, -0.05) is 31.5 Å². The van der Waals surface area contributed by atoms with Crippen LogP contribution in [0, 0.1) is 11.3 Å². The Kier molecular flexibility index (Phi) is 10.4. The van der Waals surface area contributed by atoms with E-state index in [9.17, 15) is 14.9 Å². The fraction of sp³-hybridized carbons (Fsp3) is 0.320. The SMILES string of the molecule is CCCc1ccc(OCC(=O)Oc2ccc(/C=C(\C#N)C(=O)NCCOC)cc2OC)cc1. The zero-order valence-electron chi connectivity index (χ0n) is 19.1. The molecule has 0 aromatic heterocycles. The number of carbonyl (C=O) groups excluding carboxylic acids is 2. The van der Waals surface area contributed by atoms with Crippen molar-refractivity contribution in [1.82, 2.24) is 5.32 Å². The summed E-state index contributed by atoms with van der Waals surface area (Å²) in [6.07, 6.45) is 3.46. The Bertz CT molecular complexity index is 1010.